The molecule has 1 aromatic carbocycles. The number of rotatable bonds is 3. The van der Waals surface area contributed by atoms with Crippen LogP contribution in [0, 0.1) is 5.82 Å². The number of thiocarbonyl (C=S) groups is 1. The molecule has 0 atom stereocenters. The van der Waals surface area contributed by atoms with Gasteiger partial charge in [-0.25, -0.2) is 14.2 Å². The quantitative estimate of drug-likeness (QED) is 0.317. The maximum atomic E-state index is 15.1. The van der Waals surface area contributed by atoms with Crippen LogP contribution in [0.5, 0.6) is 0 Å². The second-order valence-electron chi connectivity index (χ2n) is 7.86. The van der Waals surface area contributed by atoms with E-state index in [1.807, 2.05) is 83.6 Å². The molecule has 2 aliphatic rings. The molecule has 3 aromatic rings. The first-order valence-electron chi connectivity index (χ1n) is 15.1. The zero-order valence-corrected chi connectivity index (χ0v) is 27.4. The molecule has 3 heterocycles. The number of hydrogen-bond donors (Lipinski definition) is 1. The van der Waals surface area contributed by atoms with Crippen LogP contribution in [-0.2, 0) is 0 Å². The predicted molar refractivity (Wildman–Crippen MR) is 174 cm³/mol. The second-order valence-corrected chi connectivity index (χ2v) is 8.23. The Morgan fingerprint density at radius 2 is 1.51 bits per heavy atom. The van der Waals surface area contributed by atoms with Crippen LogP contribution in [0.2, 0.25) is 0 Å². The fraction of sp³-hybridized carbons (Fsp3) is 0.548. The molecule has 10 heteroatoms. The maximum Gasteiger partial charge on any atom is 0.341 e. The Bertz CT molecular complexity index is 1250. The third-order valence-electron chi connectivity index (χ3n) is 5.89. The van der Waals surface area contributed by atoms with Crippen LogP contribution < -0.4 is 10.3 Å². The number of benzene rings is 1. The minimum absolute atomic E-state index is 0.105. The van der Waals surface area contributed by atoms with Gasteiger partial charge < -0.3 is 19.5 Å². The smallest absolute Gasteiger partial charge is 0.341 e. The maximum absolute atomic E-state index is 15.1. The first kappa shape index (κ1) is 37.7. The average Bonchev–Trinajstić information content (AvgIpc) is 3.74. The zero-order chi connectivity index (χ0) is 31.7. The minimum atomic E-state index is -1.30. The highest BCUT2D eigenvalue weighted by Crippen LogP contribution is 2.38. The van der Waals surface area contributed by atoms with E-state index in [1.54, 1.807) is 29.4 Å². The molecule has 0 unspecified atom stereocenters. The van der Waals surface area contributed by atoms with Gasteiger partial charge in [-0.05, 0) is 37.2 Å². The highest BCUT2D eigenvalue weighted by Gasteiger charge is 2.28. The summed E-state index contributed by atoms with van der Waals surface area (Å²) in [4.78, 5) is 32.1. The minimum Gasteiger partial charge on any atom is -0.477 e. The number of aromatic carboxylic acids is 1. The molecule has 0 spiro atoms. The van der Waals surface area contributed by atoms with Gasteiger partial charge in [0.05, 0.1) is 11.2 Å². The van der Waals surface area contributed by atoms with E-state index in [0.717, 1.165) is 12.8 Å². The normalized spacial score (nSPS) is 13.3. The summed E-state index contributed by atoms with van der Waals surface area (Å²) in [5.41, 5.74) is 0.0105. The number of hydrogen-bond acceptors (Lipinski definition) is 5. The highest BCUT2D eigenvalue weighted by atomic mass is 32.1. The summed E-state index contributed by atoms with van der Waals surface area (Å²) in [5, 5.41) is 10.1. The average molecular weight is 592 g/mol. The zero-order valence-electron chi connectivity index (χ0n) is 26.6. The van der Waals surface area contributed by atoms with E-state index in [1.165, 1.54) is 12.3 Å². The van der Waals surface area contributed by atoms with E-state index < -0.39 is 17.2 Å². The number of aromatic nitrogens is 3. The predicted octanol–water partition coefficient (Wildman–Crippen LogP) is 7.46. The molecule has 0 amide bonds. The number of fused-ring (bicyclic) bond motifs is 1. The molecule has 1 aliphatic carbocycles. The van der Waals surface area contributed by atoms with Crippen molar-refractivity contribution in [1.29, 1.82) is 0 Å². The molecular weight excluding hydrogens is 541 g/mol. The van der Waals surface area contributed by atoms with Crippen LogP contribution in [0.4, 0.5) is 10.1 Å². The lowest BCUT2D eigenvalue weighted by Gasteiger charge is -2.37. The Hall–Kier alpha value is -3.27. The first-order valence-corrected chi connectivity index (χ1v) is 15.5. The number of carboxylic acids is 1. The summed E-state index contributed by atoms with van der Waals surface area (Å²) in [5.74, 6) is -1.82. The fourth-order valence-corrected chi connectivity index (χ4v) is 4.37. The van der Waals surface area contributed by atoms with Crippen molar-refractivity contribution in [3.63, 3.8) is 0 Å². The van der Waals surface area contributed by atoms with Crippen molar-refractivity contribution in [3.05, 3.63) is 58.7 Å². The molecular formula is C31H50FN5O3S. The van der Waals surface area contributed by atoms with Crippen molar-refractivity contribution in [2.45, 2.75) is 88.1 Å². The van der Waals surface area contributed by atoms with Gasteiger partial charge in [0, 0.05) is 56.2 Å². The van der Waals surface area contributed by atoms with Crippen LogP contribution in [-0.4, -0.2) is 61.4 Å². The summed E-state index contributed by atoms with van der Waals surface area (Å²) in [7, 11) is 0. The number of carbonyl (C=O) groups is 1. The van der Waals surface area contributed by atoms with Gasteiger partial charge in [-0.2, -0.15) is 0 Å². The van der Waals surface area contributed by atoms with Crippen LogP contribution in [0.25, 0.3) is 10.9 Å². The number of nitrogens with zero attached hydrogens (tertiary/aromatic N) is 5. The molecule has 41 heavy (non-hydrogen) atoms. The molecule has 0 bridgehead atoms. The van der Waals surface area contributed by atoms with Gasteiger partial charge in [0.25, 0.3) is 0 Å². The number of halogens is 1. The third-order valence-corrected chi connectivity index (χ3v) is 6.36. The molecule has 1 N–H and O–H groups in total. The van der Waals surface area contributed by atoms with E-state index in [-0.39, 0.29) is 17.0 Å². The number of anilines is 1. The van der Waals surface area contributed by atoms with Crippen LogP contribution in [0.1, 0.15) is 98.5 Å². The Kier molecular flexibility index (Phi) is 18.2. The van der Waals surface area contributed by atoms with Crippen molar-refractivity contribution >= 4 is 39.9 Å². The van der Waals surface area contributed by atoms with Gasteiger partial charge in [0.2, 0.25) is 5.43 Å². The van der Waals surface area contributed by atoms with Crippen molar-refractivity contribution in [2.75, 3.05) is 31.1 Å². The molecule has 230 valence electrons. The van der Waals surface area contributed by atoms with E-state index in [4.69, 9.17) is 12.2 Å². The summed E-state index contributed by atoms with van der Waals surface area (Å²) in [6, 6.07) is 3.00. The van der Waals surface area contributed by atoms with E-state index >= 15 is 4.39 Å². The van der Waals surface area contributed by atoms with Gasteiger partial charge in [-0.15, -0.1) is 0 Å². The Morgan fingerprint density at radius 3 is 1.98 bits per heavy atom. The molecule has 1 saturated carbocycles. The molecule has 2 aromatic heterocycles. The Balaban J connectivity index is 0.00000145. The molecule has 5 rings (SSSR count). The van der Waals surface area contributed by atoms with Crippen LogP contribution in [0.15, 0.2) is 41.8 Å². The van der Waals surface area contributed by atoms with Gasteiger partial charge in [0.15, 0.2) is 5.11 Å². The largest absolute Gasteiger partial charge is 0.477 e. The lowest BCUT2D eigenvalue weighted by Crippen LogP contribution is -2.50. The molecule has 8 nitrogen and oxygen atoms in total. The summed E-state index contributed by atoms with van der Waals surface area (Å²) < 4.78 is 18.6. The lowest BCUT2D eigenvalue weighted by atomic mass is 10.1. The topological polar surface area (TPSA) is 83.6 Å². The van der Waals surface area contributed by atoms with E-state index in [0.29, 0.717) is 42.5 Å². The number of imidazole rings is 1. The van der Waals surface area contributed by atoms with Gasteiger partial charge in [-0.3, -0.25) is 9.36 Å². The van der Waals surface area contributed by atoms with Crippen LogP contribution in [0.3, 0.4) is 0 Å². The van der Waals surface area contributed by atoms with Gasteiger partial charge >= 0.3 is 5.97 Å². The molecule has 0 radical (unpaired) electrons. The first-order chi connectivity index (χ1) is 19.9. The number of piperazine rings is 1. The molecule has 1 aliphatic heterocycles. The van der Waals surface area contributed by atoms with Crippen molar-refractivity contribution < 1.29 is 14.3 Å². The van der Waals surface area contributed by atoms with Gasteiger partial charge in [0.1, 0.15) is 17.7 Å². The van der Waals surface area contributed by atoms with Crippen molar-refractivity contribution in [2.24, 2.45) is 0 Å². The lowest BCUT2D eigenvalue weighted by molar-refractivity contribution is 0.0695. The number of pyridine rings is 1. The van der Waals surface area contributed by atoms with Crippen molar-refractivity contribution in [1.82, 2.24) is 19.0 Å². The van der Waals surface area contributed by atoms with Crippen molar-refractivity contribution in [3.8, 4) is 0 Å². The summed E-state index contributed by atoms with van der Waals surface area (Å²) >= 11 is 5.51. The molecule has 1 saturated heterocycles. The highest BCUT2D eigenvalue weighted by molar-refractivity contribution is 7.80. The number of carboxylic acid groups (broad SMARTS) is 1. The SMILES string of the molecule is CC.CC.CC.CC.CC.O=C(O)c1cn(C2CC2)c2cc(N3CCN(C(=S)n4ccnc4)CC3)c(F)cc2c1=O. The standard InChI is InChI=1S/C21H20FN5O3S.5C2H6/c22-16-9-14-17(27(13-1-2-13)11-15(19(14)28)20(29)30)10-18(16)24-5-7-25(8-6-24)21(31)26-4-3-23-12-26;5*1-2/h3-4,9-13H,1-2,5-8H2,(H,29,30);5*1-2H3. The Morgan fingerprint density at radius 1 is 0.951 bits per heavy atom. The molecule has 2 fully saturated rings. The fourth-order valence-electron chi connectivity index (χ4n) is 4.08. The van der Waals surface area contributed by atoms with E-state index in [9.17, 15) is 14.7 Å². The van der Waals surface area contributed by atoms with Gasteiger partial charge in [-0.1, -0.05) is 69.2 Å². The third kappa shape index (κ3) is 9.38. The monoisotopic (exact) mass is 591 g/mol. The van der Waals surface area contributed by atoms with E-state index in [2.05, 4.69) is 4.98 Å². The Labute approximate surface area is 250 Å². The summed E-state index contributed by atoms with van der Waals surface area (Å²) in [6.45, 7) is 22.4. The van der Waals surface area contributed by atoms with Crippen LogP contribution >= 0.6 is 12.2 Å². The summed E-state index contributed by atoms with van der Waals surface area (Å²) in [6.07, 6.45) is 8.33. The second kappa shape index (κ2) is 19.7.